The van der Waals surface area contributed by atoms with E-state index in [-0.39, 0.29) is 0 Å². The van der Waals surface area contributed by atoms with Gasteiger partial charge in [-0.15, -0.1) is 0 Å². The second kappa shape index (κ2) is 8.16. The first-order chi connectivity index (χ1) is 8.52. The maximum absolute atomic E-state index is 5.34. The molecule has 0 aromatic carbocycles. The first-order valence-electron chi connectivity index (χ1n) is 7.77. The van der Waals surface area contributed by atoms with Crippen LogP contribution < -0.4 is 5.32 Å². The minimum absolute atomic E-state index is 0.512. The molecule has 0 saturated heterocycles. The number of methoxy groups -OCH3 is 1. The zero-order valence-corrected chi connectivity index (χ0v) is 13.0. The lowest BCUT2D eigenvalue weighted by atomic mass is 9.80. The standard InChI is InChI=1S/C16H33NO/c1-12(2)9-14-7-6-8-15(10-14)17-16(11-18-5)13(3)4/h12-17H,6-11H2,1-5H3. The third-order valence-corrected chi connectivity index (χ3v) is 4.19. The van der Waals surface area contributed by atoms with Crippen LogP contribution in [0.3, 0.4) is 0 Å². The van der Waals surface area contributed by atoms with E-state index < -0.39 is 0 Å². The van der Waals surface area contributed by atoms with Crippen LogP contribution >= 0.6 is 0 Å². The van der Waals surface area contributed by atoms with Crippen LogP contribution in [0.5, 0.6) is 0 Å². The Bertz CT molecular complexity index is 215. The average Bonchev–Trinajstić information content (AvgIpc) is 2.28. The molecule has 1 aliphatic carbocycles. The number of ether oxygens (including phenoxy) is 1. The maximum Gasteiger partial charge on any atom is 0.0618 e. The highest BCUT2D eigenvalue weighted by Gasteiger charge is 2.25. The highest BCUT2D eigenvalue weighted by molar-refractivity contribution is 4.82. The number of rotatable bonds is 7. The van der Waals surface area contributed by atoms with E-state index in [0.717, 1.165) is 18.4 Å². The highest BCUT2D eigenvalue weighted by atomic mass is 16.5. The molecule has 1 aliphatic rings. The molecule has 0 heterocycles. The Labute approximate surface area is 114 Å². The zero-order chi connectivity index (χ0) is 13.5. The number of hydrogen-bond donors (Lipinski definition) is 1. The quantitative estimate of drug-likeness (QED) is 0.746. The fourth-order valence-electron chi connectivity index (χ4n) is 3.24. The van der Waals surface area contributed by atoms with Crippen molar-refractivity contribution in [2.45, 2.75) is 71.9 Å². The predicted molar refractivity (Wildman–Crippen MR) is 78.8 cm³/mol. The van der Waals surface area contributed by atoms with E-state index in [0.29, 0.717) is 18.0 Å². The summed E-state index contributed by atoms with van der Waals surface area (Å²) in [6.45, 7) is 10.1. The van der Waals surface area contributed by atoms with Crippen molar-refractivity contribution in [2.75, 3.05) is 13.7 Å². The molecule has 0 aliphatic heterocycles. The monoisotopic (exact) mass is 255 g/mol. The molecule has 0 amide bonds. The molecule has 1 fully saturated rings. The second-order valence-electron chi connectivity index (χ2n) is 6.83. The smallest absolute Gasteiger partial charge is 0.0618 e. The van der Waals surface area contributed by atoms with Gasteiger partial charge in [-0.3, -0.25) is 0 Å². The molecular weight excluding hydrogens is 222 g/mol. The van der Waals surface area contributed by atoms with Gasteiger partial charge in [-0.05, 0) is 37.0 Å². The van der Waals surface area contributed by atoms with E-state index in [1.807, 2.05) is 0 Å². The first-order valence-corrected chi connectivity index (χ1v) is 7.77. The van der Waals surface area contributed by atoms with Gasteiger partial charge in [0.1, 0.15) is 0 Å². The van der Waals surface area contributed by atoms with Crippen LogP contribution in [0, 0.1) is 17.8 Å². The Morgan fingerprint density at radius 2 is 1.89 bits per heavy atom. The average molecular weight is 255 g/mol. The lowest BCUT2D eigenvalue weighted by Crippen LogP contribution is -2.46. The molecule has 1 N–H and O–H groups in total. The van der Waals surface area contributed by atoms with Gasteiger partial charge < -0.3 is 10.1 Å². The van der Waals surface area contributed by atoms with Gasteiger partial charge in [0.25, 0.3) is 0 Å². The predicted octanol–water partition coefficient (Wildman–Crippen LogP) is 3.85. The number of hydrogen-bond acceptors (Lipinski definition) is 2. The molecular formula is C16H33NO. The van der Waals surface area contributed by atoms with Gasteiger partial charge in [0.2, 0.25) is 0 Å². The molecule has 0 spiro atoms. The van der Waals surface area contributed by atoms with Crippen molar-refractivity contribution in [2.24, 2.45) is 17.8 Å². The summed E-state index contributed by atoms with van der Waals surface area (Å²) in [5.74, 6) is 2.43. The minimum Gasteiger partial charge on any atom is -0.383 e. The molecule has 2 heteroatoms. The summed E-state index contributed by atoms with van der Waals surface area (Å²) >= 11 is 0. The van der Waals surface area contributed by atoms with Crippen LogP contribution in [-0.2, 0) is 4.74 Å². The summed E-state index contributed by atoms with van der Waals surface area (Å²) in [5, 5.41) is 3.83. The lowest BCUT2D eigenvalue weighted by Gasteiger charge is -2.34. The Morgan fingerprint density at radius 3 is 2.44 bits per heavy atom. The van der Waals surface area contributed by atoms with Crippen molar-refractivity contribution < 1.29 is 4.74 Å². The molecule has 0 aromatic heterocycles. The summed E-state index contributed by atoms with van der Waals surface area (Å²) in [6, 6.07) is 1.22. The molecule has 1 rings (SSSR count). The molecule has 2 nitrogen and oxygen atoms in total. The Morgan fingerprint density at radius 1 is 1.17 bits per heavy atom. The first kappa shape index (κ1) is 16.0. The van der Waals surface area contributed by atoms with Gasteiger partial charge in [-0.1, -0.05) is 40.5 Å². The Kier molecular flexibility index (Phi) is 7.25. The van der Waals surface area contributed by atoms with Crippen LogP contribution in [0.25, 0.3) is 0 Å². The van der Waals surface area contributed by atoms with Gasteiger partial charge in [0.05, 0.1) is 6.61 Å². The van der Waals surface area contributed by atoms with Gasteiger partial charge in [-0.25, -0.2) is 0 Å². The van der Waals surface area contributed by atoms with E-state index in [9.17, 15) is 0 Å². The Balaban J connectivity index is 2.40. The molecule has 3 atom stereocenters. The summed E-state index contributed by atoms with van der Waals surface area (Å²) in [4.78, 5) is 0. The third kappa shape index (κ3) is 5.71. The topological polar surface area (TPSA) is 21.3 Å². The fraction of sp³-hybridized carbons (Fsp3) is 1.00. The van der Waals surface area contributed by atoms with Crippen molar-refractivity contribution in [1.82, 2.24) is 5.32 Å². The summed E-state index contributed by atoms with van der Waals surface area (Å²) in [7, 11) is 1.81. The van der Waals surface area contributed by atoms with Gasteiger partial charge in [-0.2, -0.15) is 0 Å². The van der Waals surface area contributed by atoms with E-state index in [1.54, 1.807) is 7.11 Å². The fourth-order valence-corrected chi connectivity index (χ4v) is 3.24. The van der Waals surface area contributed by atoms with Crippen LogP contribution in [0.1, 0.15) is 59.8 Å². The normalized spacial score (nSPS) is 26.8. The van der Waals surface area contributed by atoms with E-state index >= 15 is 0 Å². The zero-order valence-electron chi connectivity index (χ0n) is 13.0. The van der Waals surface area contributed by atoms with Gasteiger partial charge in [0, 0.05) is 19.2 Å². The molecule has 3 unspecified atom stereocenters. The van der Waals surface area contributed by atoms with E-state index in [1.165, 1.54) is 32.1 Å². The second-order valence-corrected chi connectivity index (χ2v) is 6.83. The van der Waals surface area contributed by atoms with Crippen molar-refractivity contribution in [3.63, 3.8) is 0 Å². The summed E-state index contributed by atoms with van der Waals surface area (Å²) in [5.41, 5.74) is 0. The molecule has 0 radical (unpaired) electrons. The molecule has 18 heavy (non-hydrogen) atoms. The van der Waals surface area contributed by atoms with Crippen LogP contribution in [0.4, 0.5) is 0 Å². The number of nitrogens with one attached hydrogen (secondary N) is 1. The van der Waals surface area contributed by atoms with Crippen LogP contribution in [0.2, 0.25) is 0 Å². The van der Waals surface area contributed by atoms with Gasteiger partial charge in [0.15, 0.2) is 0 Å². The van der Waals surface area contributed by atoms with Crippen LogP contribution in [-0.4, -0.2) is 25.8 Å². The third-order valence-electron chi connectivity index (χ3n) is 4.19. The van der Waals surface area contributed by atoms with Crippen molar-refractivity contribution in [3.05, 3.63) is 0 Å². The van der Waals surface area contributed by atoms with E-state index in [4.69, 9.17) is 4.74 Å². The maximum atomic E-state index is 5.34. The lowest BCUT2D eigenvalue weighted by molar-refractivity contribution is 0.129. The van der Waals surface area contributed by atoms with Crippen molar-refractivity contribution >= 4 is 0 Å². The summed E-state index contributed by atoms with van der Waals surface area (Å²) in [6.07, 6.45) is 6.95. The van der Waals surface area contributed by atoms with Crippen LogP contribution in [0.15, 0.2) is 0 Å². The largest absolute Gasteiger partial charge is 0.383 e. The molecule has 0 aromatic rings. The summed E-state index contributed by atoms with van der Waals surface area (Å²) < 4.78 is 5.34. The molecule has 1 saturated carbocycles. The van der Waals surface area contributed by atoms with Gasteiger partial charge >= 0.3 is 0 Å². The minimum atomic E-state index is 0.512. The van der Waals surface area contributed by atoms with E-state index in [2.05, 4.69) is 33.0 Å². The molecule has 0 bridgehead atoms. The van der Waals surface area contributed by atoms with Crippen molar-refractivity contribution in [3.8, 4) is 0 Å². The molecule has 108 valence electrons. The van der Waals surface area contributed by atoms with Crippen molar-refractivity contribution in [1.29, 1.82) is 0 Å². The Hall–Kier alpha value is -0.0800. The highest BCUT2D eigenvalue weighted by Crippen LogP contribution is 2.29. The SMILES string of the molecule is COCC(NC1CCCC(CC(C)C)C1)C(C)C.